The Morgan fingerprint density at radius 2 is 1.14 bits per heavy atom. The van der Waals surface area contributed by atoms with Gasteiger partial charge in [0.05, 0.1) is 35.7 Å². The largest absolute Gasteiger partial charge is 0.488 e. The van der Waals surface area contributed by atoms with Crippen molar-refractivity contribution < 1.29 is 19.1 Å². The topological polar surface area (TPSA) is 105 Å². The van der Waals surface area contributed by atoms with Gasteiger partial charge in [-0.15, -0.1) is 0 Å². The number of carbonyl (C=O) groups excluding carboxylic acids is 2. The summed E-state index contributed by atoms with van der Waals surface area (Å²) in [5.74, 6) is -0.146. The highest BCUT2D eigenvalue weighted by atomic mass is 16.5. The van der Waals surface area contributed by atoms with E-state index in [1.807, 2.05) is 13.8 Å². The average Bonchev–Trinajstić information content (AvgIpc) is 2.70. The van der Waals surface area contributed by atoms with Crippen molar-refractivity contribution in [1.82, 2.24) is 0 Å². The minimum Gasteiger partial charge on any atom is -0.488 e. The summed E-state index contributed by atoms with van der Waals surface area (Å²) in [5, 5.41) is 0. The number of rotatable bonds is 8. The molecule has 0 fully saturated rings. The number of hydrogen-bond donors (Lipinski definition) is 2. The standard InChI is InChI=1S/C22H26N2O4/c1-3-5-11-27-21-17(23)15-16(18(24)22(21)28-12-6-4-2)20(26)14-10-8-7-9-13(14)19(15)25/h7-10H,3-6,11-12,23-24H2,1-2H3. The van der Waals surface area contributed by atoms with Crippen molar-refractivity contribution >= 4 is 22.9 Å². The van der Waals surface area contributed by atoms with Gasteiger partial charge in [0.2, 0.25) is 0 Å². The Balaban J connectivity index is 2.18. The molecule has 2 aromatic rings. The van der Waals surface area contributed by atoms with Gasteiger partial charge in [-0.2, -0.15) is 0 Å². The summed E-state index contributed by atoms with van der Waals surface area (Å²) in [6, 6.07) is 6.68. The number of ketones is 2. The summed E-state index contributed by atoms with van der Waals surface area (Å²) in [6.45, 7) is 4.93. The zero-order valence-corrected chi connectivity index (χ0v) is 16.3. The zero-order valence-electron chi connectivity index (χ0n) is 16.3. The molecule has 0 saturated heterocycles. The van der Waals surface area contributed by atoms with Crippen molar-refractivity contribution in [2.75, 3.05) is 24.7 Å². The molecule has 0 heterocycles. The Hall–Kier alpha value is -3.02. The maximum atomic E-state index is 13.1. The zero-order chi connectivity index (χ0) is 20.3. The fourth-order valence-corrected chi connectivity index (χ4v) is 3.28. The summed E-state index contributed by atoms with van der Waals surface area (Å²) in [7, 11) is 0. The third kappa shape index (κ3) is 3.30. The molecule has 0 amide bonds. The van der Waals surface area contributed by atoms with Crippen LogP contribution < -0.4 is 20.9 Å². The van der Waals surface area contributed by atoms with Gasteiger partial charge < -0.3 is 20.9 Å². The number of nitrogens with two attached hydrogens (primary N) is 2. The summed E-state index contributed by atoms with van der Waals surface area (Å²) in [5.41, 5.74) is 13.8. The lowest BCUT2D eigenvalue weighted by Gasteiger charge is -2.25. The number of fused-ring (bicyclic) bond motifs is 2. The molecule has 0 saturated carbocycles. The molecule has 2 aromatic carbocycles. The monoisotopic (exact) mass is 382 g/mol. The second kappa shape index (κ2) is 8.33. The van der Waals surface area contributed by atoms with Crippen LogP contribution in [0.3, 0.4) is 0 Å². The van der Waals surface area contributed by atoms with Crippen LogP contribution in [-0.2, 0) is 0 Å². The number of carbonyl (C=O) groups is 2. The molecule has 1 aliphatic carbocycles. The third-order valence-electron chi connectivity index (χ3n) is 4.84. The van der Waals surface area contributed by atoms with Gasteiger partial charge >= 0.3 is 0 Å². The van der Waals surface area contributed by atoms with E-state index in [-0.39, 0.29) is 45.6 Å². The van der Waals surface area contributed by atoms with Crippen molar-refractivity contribution in [3.8, 4) is 11.5 Å². The number of nitrogen functional groups attached to an aromatic ring is 2. The minimum absolute atomic E-state index is 0.107. The maximum Gasteiger partial charge on any atom is 0.196 e. The summed E-state index contributed by atoms with van der Waals surface area (Å²) in [4.78, 5) is 26.2. The van der Waals surface area contributed by atoms with Crippen molar-refractivity contribution in [3.05, 3.63) is 46.5 Å². The van der Waals surface area contributed by atoms with Crippen LogP contribution >= 0.6 is 0 Å². The maximum absolute atomic E-state index is 13.1. The SMILES string of the molecule is CCCCOc1c(N)c2c(c(N)c1OCCCC)C(=O)c1ccccc1C2=O. The van der Waals surface area contributed by atoms with Gasteiger partial charge in [0.25, 0.3) is 0 Å². The van der Waals surface area contributed by atoms with E-state index in [2.05, 4.69) is 0 Å². The Morgan fingerprint density at radius 3 is 1.50 bits per heavy atom. The van der Waals surface area contributed by atoms with Gasteiger partial charge in [-0.3, -0.25) is 9.59 Å². The number of ether oxygens (including phenoxy) is 2. The molecule has 6 heteroatoms. The third-order valence-corrected chi connectivity index (χ3v) is 4.84. The normalized spacial score (nSPS) is 12.5. The highest BCUT2D eigenvalue weighted by Gasteiger charge is 2.37. The predicted molar refractivity (Wildman–Crippen MR) is 109 cm³/mol. The van der Waals surface area contributed by atoms with Crippen LogP contribution in [-0.4, -0.2) is 24.8 Å². The number of hydrogen-bond acceptors (Lipinski definition) is 6. The van der Waals surface area contributed by atoms with Crippen LogP contribution in [0, 0.1) is 0 Å². The molecule has 0 radical (unpaired) electrons. The number of anilines is 2. The van der Waals surface area contributed by atoms with Gasteiger partial charge in [-0.05, 0) is 12.8 Å². The molecule has 6 nitrogen and oxygen atoms in total. The fraction of sp³-hybridized carbons (Fsp3) is 0.364. The first-order valence-corrected chi connectivity index (χ1v) is 9.71. The van der Waals surface area contributed by atoms with Gasteiger partial charge in [-0.1, -0.05) is 51.0 Å². The van der Waals surface area contributed by atoms with Crippen LogP contribution in [0.4, 0.5) is 11.4 Å². The molecule has 1 aliphatic rings. The summed E-state index contributed by atoms with van der Waals surface area (Å²) < 4.78 is 11.7. The lowest BCUT2D eigenvalue weighted by molar-refractivity contribution is 0.0979. The second-order valence-electron chi connectivity index (χ2n) is 6.84. The predicted octanol–water partition coefficient (Wildman–Crippen LogP) is 3.98. The first-order valence-electron chi connectivity index (χ1n) is 9.71. The highest BCUT2D eigenvalue weighted by molar-refractivity contribution is 6.32. The quantitative estimate of drug-likeness (QED) is 0.451. The van der Waals surface area contributed by atoms with Gasteiger partial charge in [-0.25, -0.2) is 0 Å². The summed E-state index contributed by atoms with van der Waals surface area (Å²) >= 11 is 0. The smallest absolute Gasteiger partial charge is 0.196 e. The Kier molecular flexibility index (Phi) is 5.87. The van der Waals surface area contributed by atoms with E-state index >= 15 is 0 Å². The molecule has 28 heavy (non-hydrogen) atoms. The second-order valence-corrected chi connectivity index (χ2v) is 6.84. The number of benzene rings is 2. The Labute approximate surface area is 164 Å². The van der Waals surface area contributed by atoms with Crippen LogP contribution in [0.25, 0.3) is 0 Å². The van der Waals surface area contributed by atoms with E-state index in [1.165, 1.54) is 0 Å². The molecule has 0 spiro atoms. The molecule has 148 valence electrons. The lowest BCUT2D eigenvalue weighted by atomic mass is 9.82. The molecular formula is C22H26N2O4. The van der Waals surface area contributed by atoms with E-state index in [0.29, 0.717) is 24.3 Å². The van der Waals surface area contributed by atoms with E-state index in [0.717, 1.165) is 25.7 Å². The van der Waals surface area contributed by atoms with Crippen LogP contribution in [0.15, 0.2) is 24.3 Å². The molecule has 0 aromatic heterocycles. The summed E-state index contributed by atoms with van der Waals surface area (Å²) in [6.07, 6.45) is 3.52. The molecular weight excluding hydrogens is 356 g/mol. The molecule has 0 aliphatic heterocycles. The van der Waals surface area contributed by atoms with Crippen LogP contribution in [0.5, 0.6) is 11.5 Å². The van der Waals surface area contributed by atoms with Gasteiger partial charge in [0.15, 0.2) is 23.1 Å². The Morgan fingerprint density at radius 1 is 0.750 bits per heavy atom. The van der Waals surface area contributed by atoms with Gasteiger partial charge in [0, 0.05) is 11.1 Å². The van der Waals surface area contributed by atoms with Crippen molar-refractivity contribution in [2.24, 2.45) is 0 Å². The Bertz CT molecular complexity index is 847. The van der Waals surface area contributed by atoms with E-state index < -0.39 is 0 Å². The van der Waals surface area contributed by atoms with E-state index in [4.69, 9.17) is 20.9 Å². The first kappa shape index (κ1) is 19.7. The molecule has 3 rings (SSSR count). The highest BCUT2D eigenvalue weighted by Crippen LogP contribution is 2.47. The number of unbranched alkanes of at least 4 members (excludes halogenated alkanes) is 2. The fourth-order valence-electron chi connectivity index (χ4n) is 3.28. The van der Waals surface area contributed by atoms with Crippen molar-refractivity contribution in [3.63, 3.8) is 0 Å². The molecule has 4 N–H and O–H groups in total. The van der Waals surface area contributed by atoms with E-state index in [9.17, 15) is 9.59 Å². The van der Waals surface area contributed by atoms with Crippen LogP contribution in [0.1, 0.15) is 71.4 Å². The lowest BCUT2D eigenvalue weighted by Crippen LogP contribution is -2.25. The van der Waals surface area contributed by atoms with E-state index in [1.54, 1.807) is 24.3 Å². The molecule has 0 unspecified atom stereocenters. The first-order chi connectivity index (χ1) is 13.5. The molecule has 0 atom stereocenters. The van der Waals surface area contributed by atoms with Crippen LogP contribution in [0.2, 0.25) is 0 Å². The van der Waals surface area contributed by atoms with Gasteiger partial charge in [0.1, 0.15) is 0 Å². The average molecular weight is 382 g/mol. The van der Waals surface area contributed by atoms with Crippen molar-refractivity contribution in [2.45, 2.75) is 39.5 Å². The molecule has 0 bridgehead atoms. The van der Waals surface area contributed by atoms with Crippen molar-refractivity contribution in [1.29, 1.82) is 0 Å². The minimum atomic E-state index is -0.324.